The summed E-state index contributed by atoms with van der Waals surface area (Å²) in [6, 6.07) is 12.5. The molecule has 172 valence electrons. The van der Waals surface area contributed by atoms with Gasteiger partial charge in [-0.25, -0.2) is 9.59 Å². The van der Waals surface area contributed by atoms with Crippen LogP contribution in [0.4, 0.5) is 0 Å². The Kier molecular flexibility index (Phi) is 9.73. The molecule has 2 aromatic carbocycles. The van der Waals surface area contributed by atoms with Crippen molar-refractivity contribution in [2.45, 2.75) is 53.1 Å². The van der Waals surface area contributed by atoms with Crippen LogP contribution in [-0.4, -0.2) is 30.8 Å². The van der Waals surface area contributed by atoms with Gasteiger partial charge in [0.05, 0.1) is 23.1 Å². The topological polar surface area (TPSA) is 88.1 Å². The second-order valence-corrected chi connectivity index (χ2v) is 7.48. The number of carbonyl (C=O) groups excluding carboxylic acids is 3. The lowest BCUT2D eigenvalue weighted by Gasteiger charge is -2.12. The van der Waals surface area contributed by atoms with E-state index in [2.05, 4.69) is 0 Å². The molecule has 0 heterocycles. The van der Waals surface area contributed by atoms with E-state index in [0.717, 1.165) is 12.8 Å². The molecule has 0 N–H and O–H groups in total. The molecular formula is C25H30O7. The van der Waals surface area contributed by atoms with Gasteiger partial charge in [0.2, 0.25) is 6.79 Å². The maximum absolute atomic E-state index is 12.3. The minimum absolute atomic E-state index is 0.149. The predicted molar refractivity (Wildman–Crippen MR) is 119 cm³/mol. The van der Waals surface area contributed by atoms with Gasteiger partial charge in [-0.05, 0) is 68.3 Å². The molecule has 2 rings (SSSR count). The molecule has 0 saturated carbocycles. The van der Waals surface area contributed by atoms with E-state index in [0.29, 0.717) is 29.0 Å². The molecular weight excluding hydrogens is 412 g/mol. The number of hydrogen-bond donors (Lipinski definition) is 0. The third-order valence-corrected chi connectivity index (χ3v) is 4.84. The van der Waals surface area contributed by atoms with E-state index in [1.165, 1.54) is 0 Å². The van der Waals surface area contributed by atoms with Crippen LogP contribution in [0.2, 0.25) is 0 Å². The van der Waals surface area contributed by atoms with Crippen LogP contribution in [0.25, 0.3) is 0 Å². The smallest absolute Gasteiger partial charge is 0.343 e. The van der Waals surface area contributed by atoms with Crippen molar-refractivity contribution < 1.29 is 33.3 Å². The zero-order valence-electron chi connectivity index (χ0n) is 19.0. The van der Waals surface area contributed by atoms with Gasteiger partial charge >= 0.3 is 17.9 Å². The van der Waals surface area contributed by atoms with Crippen LogP contribution in [0.5, 0.6) is 11.5 Å². The second kappa shape index (κ2) is 12.5. The number of benzene rings is 2. The van der Waals surface area contributed by atoms with E-state index < -0.39 is 11.9 Å². The van der Waals surface area contributed by atoms with Gasteiger partial charge in [0.15, 0.2) is 0 Å². The van der Waals surface area contributed by atoms with Crippen LogP contribution < -0.4 is 9.47 Å². The highest BCUT2D eigenvalue weighted by molar-refractivity contribution is 5.92. The van der Waals surface area contributed by atoms with Gasteiger partial charge in [-0.2, -0.15) is 0 Å². The van der Waals surface area contributed by atoms with Crippen molar-refractivity contribution in [3.05, 3.63) is 59.7 Å². The lowest BCUT2D eigenvalue weighted by atomic mass is 10.1. The van der Waals surface area contributed by atoms with Crippen molar-refractivity contribution in [2.24, 2.45) is 5.92 Å². The summed E-state index contributed by atoms with van der Waals surface area (Å²) in [6.07, 6.45) is 2.28. The zero-order chi connectivity index (χ0) is 23.5. The highest BCUT2D eigenvalue weighted by Crippen LogP contribution is 2.18. The van der Waals surface area contributed by atoms with Crippen molar-refractivity contribution in [1.82, 2.24) is 0 Å². The lowest BCUT2D eigenvalue weighted by Crippen LogP contribution is -2.17. The molecule has 7 heteroatoms. The molecule has 0 aliphatic carbocycles. The molecule has 0 fully saturated rings. The highest BCUT2D eigenvalue weighted by atomic mass is 16.7. The van der Waals surface area contributed by atoms with Crippen molar-refractivity contribution in [3.8, 4) is 11.5 Å². The summed E-state index contributed by atoms with van der Waals surface area (Å²) in [5, 5.41) is 0. The summed E-state index contributed by atoms with van der Waals surface area (Å²) in [7, 11) is 0. The van der Waals surface area contributed by atoms with Crippen LogP contribution in [0.15, 0.2) is 48.5 Å². The lowest BCUT2D eigenvalue weighted by molar-refractivity contribution is -0.154. The van der Waals surface area contributed by atoms with E-state index in [9.17, 15) is 14.4 Å². The van der Waals surface area contributed by atoms with Gasteiger partial charge in [-0.1, -0.05) is 27.2 Å². The third kappa shape index (κ3) is 7.72. The number of carbonyl (C=O) groups is 3. The maximum Gasteiger partial charge on any atom is 0.343 e. The summed E-state index contributed by atoms with van der Waals surface area (Å²) in [4.78, 5) is 36.1. The van der Waals surface area contributed by atoms with Gasteiger partial charge in [-0.3, -0.25) is 4.79 Å². The second-order valence-electron chi connectivity index (χ2n) is 7.48. The Labute approximate surface area is 188 Å². The zero-order valence-corrected chi connectivity index (χ0v) is 19.0. The summed E-state index contributed by atoms with van der Waals surface area (Å²) >= 11 is 0. The van der Waals surface area contributed by atoms with Crippen molar-refractivity contribution >= 4 is 17.9 Å². The summed E-state index contributed by atoms with van der Waals surface area (Å²) in [5.74, 6) is -0.687. The molecule has 0 amide bonds. The fourth-order valence-corrected chi connectivity index (χ4v) is 2.69. The van der Waals surface area contributed by atoms with Crippen LogP contribution in [0.3, 0.4) is 0 Å². The Morgan fingerprint density at radius 1 is 0.812 bits per heavy atom. The predicted octanol–water partition coefficient (Wildman–Crippen LogP) is 5.18. The van der Waals surface area contributed by atoms with Gasteiger partial charge in [-0.15, -0.1) is 0 Å². The molecule has 0 aliphatic heterocycles. The van der Waals surface area contributed by atoms with Crippen molar-refractivity contribution in [1.29, 1.82) is 0 Å². The molecule has 7 nitrogen and oxygen atoms in total. The largest absolute Gasteiger partial charge is 0.459 e. The number of ether oxygens (including phenoxy) is 4. The molecule has 2 unspecified atom stereocenters. The van der Waals surface area contributed by atoms with E-state index in [-0.39, 0.29) is 24.8 Å². The fourth-order valence-electron chi connectivity index (χ4n) is 2.69. The van der Waals surface area contributed by atoms with Gasteiger partial charge in [0.25, 0.3) is 0 Å². The van der Waals surface area contributed by atoms with Crippen molar-refractivity contribution in [2.75, 3.05) is 6.79 Å². The average molecular weight is 443 g/mol. The van der Waals surface area contributed by atoms with Crippen LogP contribution in [0, 0.1) is 5.92 Å². The molecule has 0 radical (unpaired) electrons. The summed E-state index contributed by atoms with van der Waals surface area (Å²) < 4.78 is 21.1. The Bertz CT molecular complexity index is 888. The minimum Gasteiger partial charge on any atom is -0.459 e. The third-order valence-electron chi connectivity index (χ3n) is 4.84. The molecule has 2 atom stereocenters. The summed E-state index contributed by atoms with van der Waals surface area (Å²) in [6.45, 7) is 7.38. The molecule has 0 bridgehead atoms. The molecule has 0 aromatic heterocycles. The maximum atomic E-state index is 12.3. The highest BCUT2D eigenvalue weighted by Gasteiger charge is 2.14. The van der Waals surface area contributed by atoms with E-state index >= 15 is 0 Å². The standard InChI is InChI=1S/C25H30O7/c1-5-7-18(4)31-24(27)19-10-14-22(15-11-19)32-25(28)20-8-12-21(13-9-20)29-16-30-23(26)17(3)6-2/h8-15,17-18H,5-7,16H2,1-4H3. The summed E-state index contributed by atoms with van der Waals surface area (Å²) in [5.41, 5.74) is 0.717. The van der Waals surface area contributed by atoms with Gasteiger partial charge < -0.3 is 18.9 Å². The van der Waals surface area contributed by atoms with E-state index in [4.69, 9.17) is 18.9 Å². The molecule has 0 saturated heterocycles. The van der Waals surface area contributed by atoms with E-state index in [1.54, 1.807) is 55.5 Å². The Hall–Kier alpha value is -3.35. The molecule has 32 heavy (non-hydrogen) atoms. The van der Waals surface area contributed by atoms with Crippen LogP contribution in [0.1, 0.15) is 67.7 Å². The number of rotatable bonds is 11. The molecule has 0 spiro atoms. The Morgan fingerprint density at radius 3 is 1.94 bits per heavy atom. The Morgan fingerprint density at radius 2 is 1.38 bits per heavy atom. The first kappa shape index (κ1) is 24.9. The quantitative estimate of drug-likeness (QED) is 0.269. The first-order valence-electron chi connectivity index (χ1n) is 10.8. The average Bonchev–Trinajstić information content (AvgIpc) is 2.79. The monoisotopic (exact) mass is 442 g/mol. The van der Waals surface area contributed by atoms with Crippen molar-refractivity contribution in [3.63, 3.8) is 0 Å². The first-order chi connectivity index (χ1) is 15.3. The van der Waals surface area contributed by atoms with Crippen LogP contribution in [-0.2, 0) is 14.3 Å². The van der Waals surface area contributed by atoms with Gasteiger partial charge in [0.1, 0.15) is 11.5 Å². The molecule has 2 aromatic rings. The van der Waals surface area contributed by atoms with Gasteiger partial charge in [0, 0.05) is 0 Å². The molecule has 0 aliphatic rings. The SMILES string of the molecule is CCCC(C)OC(=O)c1ccc(OC(=O)c2ccc(OCOC(=O)C(C)CC)cc2)cc1. The first-order valence-corrected chi connectivity index (χ1v) is 10.8. The number of esters is 3. The fraction of sp³-hybridized carbons (Fsp3) is 0.400. The Balaban J connectivity index is 1.86. The number of hydrogen-bond acceptors (Lipinski definition) is 7. The normalized spacial score (nSPS) is 12.4. The van der Waals surface area contributed by atoms with Crippen LogP contribution >= 0.6 is 0 Å². The van der Waals surface area contributed by atoms with E-state index in [1.807, 2.05) is 20.8 Å². The minimum atomic E-state index is -0.549.